The Kier molecular flexibility index (Phi) is 3.93. The summed E-state index contributed by atoms with van der Waals surface area (Å²) in [5.74, 6) is -0.203. The maximum absolute atomic E-state index is 13.9. The first-order valence-corrected chi connectivity index (χ1v) is 7.94. The lowest BCUT2D eigenvalue weighted by Gasteiger charge is -2.04. The average molecular weight is 347 g/mol. The number of halogens is 1. The molecule has 0 fully saturated rings. The molecule has 0 aliphatic carbocycles. The van der Waals surface area contributed by atoms with E-state index in [1.165, 1.54) is 19.2 Å². The Bertz CT molecular complexity index is 1210. The van der Waals surface area contributed by atoms with Gasteiger partial charge < -0.3 is 9.72 Å². The number of rotatable bonds is 3. The molecule has 26 heavy (non-hydrogen) atoms. The lowest BCUT2D eigenvalue weighted by atomic mass is 10.1. The van der Waals surface area contributed by atoms with Crippen LogP contribution in [-0.2, 0) is 0 Å². The highest BCUT2D eigenvalue weighted by Crippen LogP contribution is 2.21. The van der Waals surface area contributed by atoms with Gasteiger partial charge in [-0.3, -0.25) is 9.78 Å². The van der Waals surface area contributed by atoms with E-state index in [1.807, 2.05) is 36.4 Å². The van der Waals surface area contributed by atoms with E-state index in [2.05, 4.69) is 15.0 Å². The lowest BCUT2D eigenvalue weighted by molar-refractivity contribution is 0.387. The second-order valence-corrected chi connectivity index (χ2v) is 5.74. The predicted molar refractivity (Wildman–Crippen MR) is 99.5 cm³/mol. The lowest BCUT2D eigenvalue weighted by Crippen LogP contribution is -2.10. The number of nitrogens with zero attached hydrogens (tertiary/aromatic N) is 2. The van der Waals surface area contributed by atoms with Crippen LogP contribution >= 0.6 is 0 Å². The van der Waals surface area contributed by atoms with Gasteiger partial charge in [0.1, 0.15) is 5.82 Å². The quantitative estimate of drug-likeness (QED) is 0.612. The second kappa shape index (κ2) is 6.40. The highest BCUT2D eigenvalue weighted by Gasteiger charge is 2.09. The Morgan fingerprint density at radius 2 is 2.00 bits per heavy atom. The van der Waals surface area contributed by atoms with Gasteiger partial charge in [-0.2, -0.15) is 0 Å². The van der Waals surface area contributed by atoms with E-state index in [0.717, 1.165) is 16.5 Å². The molecular formula is C20H14FN3O2. The number of methoxy groups -OCH3 is 1. The zero-order chi connectivity index (χ0) is 18.1. The topological polar surface area (TPSA) is 67.9 Å². The molecule has 0 saturated carbocycles. The van der Waals surface area contributed by atoms with E-state index in [1.54, 1.807) is 12.3 Å². The molecule has 5 nitrogen and oxygen atoms in total. The average Bonchev–Trinajstić information content (AvgIpc) is 2.65. The summed E-state index contributed by atoms with van der Waals surface area (Å²) in [7, 11) is 1.35. The Labute approximate surface area is 147 Å². The Hall–Kier alpha value is -3.54. The van der Waals surface area contributed by atoms with E-state index in [-0.39, 0.29) is 22.2 Å². The van der Waals surface area contributed by atoms with Gasteiger partial charge >= 0.3 is 0 Å². The number of ether oxygens (including phenoxy) is 1. The smallest absolute Gasteiger partial charge is 0.259 e. The summed E-state index contributed by atoms with van der Waals surface area (Å²) in [5.41, 5.74) is 1.77. The van der Waals surface area contributed by atoms with Crippen LogP contribution in [-0.4, -0.2) is 22.1 Å². The molecule has 128 valence electrons. The number of nitrogens with one attached hydrogen (secondary N) is 1. The Morgan fingerprint density at radius 1 is 1.12 bits per heavy atom. The van der Waals surface area contributed by atoms with Gasteiger partial charge in [-0.1, -0.05) is 18.2 Å². The number of aromatic nitrogens is 3. The molecule has 0 atom stereocenters. The number of pyridine rings is 1. The minimum absolute atomic E-state index is 0.0119. The summed E-state index contributed by atoms with van der Waals surface area (Å²) < 4.78 is 18.8. The van der Waals surface area contributed by atoms with Gasteiger partial charge in [0, 0.05) is 17.6 Å². The second-order valence-electron chi connectivity index (χ2n) is 5.74. The van der Waals surface area contributed by atoms with Crippen molar-refractivity contribution in [2.75, 3.05) is 7.11 Å². The van der Waals surface area contributed by atoms with Crippen LogP contribution in [0.25, 0.3) is 34.0 Å². The first-order chi connectivity index (χ1) is 12.6. The third-order valence-corrected chi connectivity index (χ3v) is 4.06. The molecular weight excluding hydrogens is 333 g/mol. The van der Waals surface area contributed by atoms with Crippen molar-refractivity contribution in [2.45, 2.75) is 0 Å². The molecule has 0 radical (unpaired) electrons. The molecule has 4 aromatic rings. The molecule has 2 aromatic heterocycles. The van der Waals surface area contributed by atoms with Crippen LogP contribution < -0.4 is 10.3 Å². The molecule has 0 saturated heterocycles. The first kappa shape index (κ1) is 16.0. The number of benzene rings is 2. The molecule has 0 unspecified atom stereocenters. The van der Waals surface area contributed by atoms with Crippen LogP contribution in [0.3, 0.4) is 0 Å². The molecule has 6 heteroatoms. The summed E-state index contributed by atoms with van der Waals surface area (Å²) in [6.07, 6.45) is 5.26. The van der Waals surface area contributed by atoms with Crippen molar-refractivity contribution in [3.8, 4) is 5.75 Å². The largest absolute Gasteiger partial charge is 0.494 e. The number of H-pyrrole nitrogens is 1. The maximum Gasteiger partial charge on any atom is 0.259 e. The van der Waals surface area contributed by atoms with Gasteiger partial charge in [0.05, 0.1) is 23.5 Å². The van der Waals surface area contributed by atoms with Gasteiger partial charge in [0.2, 0.25) is 0 Å². The first-order valence-electron chi connectivity index (χ1n) is 7.94. The third-order valence-electron chi connectivity index (χ3n) is 4.06. The molecule has 0 aliphatic heterocycles. The Balaban J connectivity index is 1.73. The standard InChI is InChI=1S/C20H14FN3O2/c1-26-18-10-14-17(11-15(18)21)23-19(24-20(14)25)7-5-12-4-6-16-13(9-12)3-2-8-22-16/h2-11H,1H3,(H,23,24,25)/b7-5+. The van der Waals surface area contributed by atoms with Gasteiger partial charge in [-0.15, -0.1) is 0 Å². The third kappa shape index (κ3) is 2.93. The van der Waals surface area contributed by atoms with Gasteiger partial charge in [0.25, 0.3) is 5.56 Å². The zero-order valence-corrected chi connectivity index (χ0v) is 13.9. The molecule has 0 spiro atoms. The molecule has 0 bridgehead atoms. The maximum atomic E-state index is 13.9. The van der Waals surface area contributed by atoms with Crippen molar-refractivity contribution in [2.24, 2.45) is 0 Å². The van der Waals surface area contributed by atoms with Gasteiger partial charge in [-0.25, -0.2) is 9.37 Å². The number of aromatic amines is 1. The normalized spacial score (nSPS) is 11.5. The highest BCUT2D eigenvalue weighted by atomic mass is 19.1. The van der Waals surface area contributed by atoms with Crippen LogP contribution in [0.1, 0.15) is 11.4 Å². The van der Waals surface area contributed by atoms with Crippen molar-refractivity contribution >= 4 is 34.0 Å². The summed E-state index contributed by atoms with van der Waals surface area (Å²) in [6.45, 7) is 0. The van der Waals surface area contributed by atoms with Crippen molar-refractivity contribution in [1.82, 2.24) is 15.0 Å². The van der Waals surface area contributed by atoms with Crippen molar-refractivity contribution in [3.63, 3.8) is 0 Å². The van der Waals surface area contributed by atoms with Crippen molar-refractivity contribution in [1.29, 1.82) is 0 Å². The van der Waals surface area contributed by atoms with Gasteiger partial charge in [-0.05, 0) is 35.9 Å². The molecule has 0 amide bonds. The number of hydrogen-bond donors (Lipinski definition) is 1. The molecule has 2 aromatic carbocycles. The highest BCUT2D eigenvalue weighted by molar-refractivity contribution is 5.83. The number of hydrogen-bond acceptors (Lipinski definition) is 4. The van der Waals surface area contributed by atoms with Crippen LogP contribution in [0.15, 0.2) is 53.5 Å². The fraction of sp³-hybridized carbons (Fsp3) is 0.0500. The summed E-state index contributed by atoms with van der Waals surface area (Å²) in [5, 5.41) is 1.29. The fourth-order valence-electron chi connectivity index (χ4n) is 2.77. The fourth-order valence-corrected chi connectivity index (χ4v) is 2.77. The van der Waals surface area contributed by atoms with E-state index >= 15 is 0 Å². The van der Waals surface area contributed by atoms with Gasteiger partial charge in [0.15, 0.2) is 11.6 Å². The van der Waals surface area contributed by atoms with Crippen LogP contribution in [0.4, 0.5) is 4.39 Å². The molecule has 2 heterocycles. The van der Waals surface area contributed by atoms with E-state index < -0.39 is 5.82 Å². The Morgan fingerprint density at radius 3 is 2.85 bits per heavy atom. The minimum atomic E-state index is -0.560. The summed E-state index contributed by atoms with van der Waals surface area (Å²) >= 11 is 0. The van der Waals surface area contributed by atoms with E-state index in [0.29, 0.717) is 5.82 Å². The summed E-state index contributed by atoms with van der Waals surface area (Å²) in [4.78, 5) is 23.5. The van der Waals surface area contributed by atoms with Crippen molar-refractivity contribution in [3.05, 3.63) is 76.2 Å². The van der Waals surface area contributed by atoms with Crippen LogP contribution in [0.5, 0.6) is 5.75 Å². The molecule has 1 N–H and O–H groups in total. The monoisotopic (exact) mass is 347 g/mol. The predicted octanol–water partition coefficient (Wildman–Crippen LogP) is 3.79. The molecule has 4 rings (SSSR count). The van der Waals surface area contributed by atoms with Crippen LogP contribution in [0, 0.1) is 5.82 Å². The number of fused-ring (bicyclic) bond motifs is 2. The summed E-state index contributed by atoms with van der Waals surface area (Å²) in [6, 6.07) is 12.2. The van der Waals surface area contributed by atoms with Crippen LogP contribution in [0.2, 0.25) is 0 Å². The van der Waals surface area contributed by atoms with E-state index in [9.17, 15) is 9.18 Å². The van der Waals surface area contributed by atoms with Crippen molar-refractivity contribution < 1.29 is 9.13 Å². The molecule has 0 aliphatic rings. The minimum Gasteiger partial charge on any atom is -0.494 e. The SMILES string of the molecule is COc1cc2c(=O)[nH]c(/C=C/c3ccc4ncccc4c3)nc2cc1F. The zero-order valence-electron chi connectivity index (χ0n) is 13.9. The van der Waals surface area contributed by atoms with E-state index in [4.69, 9.17) is 4.74 Å².